The molecule has 0 aromatic heterocycles. The third-order valence-electron chi connectivity index (χ3n) is 2.64. The quantitative estimate of drug-likeness (QED) is 0.744. The highest BCUT2D eigenvalue weighted by atomic mass is 79.9. The summed E-state index contributed by atoms with van der Waals surface area (Å²) in [6.07, 6.45) is -7.12. The van der Waals surface area contributed by atoms with Crippen molar-refractivity contribution in [2.45, 2.75) is 24.9 Å². The van der Waals surface area contributed by atoms with Crippen LogP contribution in [0.4, 0.5) is 17.6 Å². The standard InChI is InChI=1S/C11H7BrF4O3/c12-7-3-5(13)1-4-2-6(10(17)18)9(11(14,15)16)19-8(4)7/h2-3,5,9H,1H2,(H,17,18). The predicted octanol–water partition coefficient (Wildman–Crippen LogP) is 3.23. The van der Waals surface area contributed by atoms with E-state index in [0.29, 0.717) is 0 Å². The molecule has 3 nitrogen and oxygen atoms in total. The van der Waals surface area contributed by atoms with E-state index in [1.54, 1.807) is 0 Å². The zero-order valence-corrected chi connectivity index (χ0v) is 10.8. The highest BCUT2D eigenvalue weighted by molar-refractivity contribution is 9.11. The molecule has 0 radical (unpaired) electrons. The van der Waals surface area contributed by atoms with E-state index in [0.717, 1.165) is 12.2 Å². The van der Waals surface area contributed by atoms with Gasteiger partial charge in [-0.3, -0.25) is 0 Å². The molecule has 1 heterocycles. The number of carbonyl (C=O) groups is 1. The molecule has 0 aromatic carbocycles. The van der Waals surface area contributed by atoms with Crippen molar-refractivity contribution in [2.24, 2.45) is 0 Å². The Hall–Kier alpha value is -1.31. The van der Waals surface area contributed by atoms with Crippen molar-refractivity contribution in [3.8, 4) is 0 Å². The lowest BCUT2D eigenvalue weighted by atomic mass is 9.94. The first-order chi connectivity index (χ1) is 8.70. The molecule has 19 heavy (non-hydrogen) atoms. The van der Waals surface area contributed by atoms with Gasteiger partial charge in [-0.15, -0.1) is 0 Å². The topological polar surface area (TPSA) is 46.5 Å². The number of aliphatic carboxylic acids is 1. The molecule has 104 valence electrons. The Morgan fingerprint density at radius 1 is 1.47 bits per heavy atom. The van der Waals surface area contributed by atoms with Crippen LogP contribution < -0.4 is 0 Å². The van der Waals surface area contributed by atoms with Crippen molar-refractivity contribution in [1.82, 2.24) is 0 Å². The maximum absolute atomic E-state index is 13.3. The van der Waals surface area contributed by atoms with Crippen molar-refractivity contribution < 1.29 is 32.2 Å². The van der Waals surface area contributed by atoms with Crippen molar-refractivity contribution in [3.05, 3.63) is 33.5 Å². The van der Waals surface area contributed by atoms with Crippen LogP contribution >= 0.6 is 15.9 Å². The van der Waals surface area contributed by atoms with Gasteiger partial charge >= 0.3 is 12.1 Å². The summed E-state index contributed by atoms with van der Waals surface area (Å²) in [6.45, 7) is 0. The SMILES string of the molecule is O=C(O)C1=CC2=C(OC1C(F)(F)F)C(Br)=CC(F)C2. The minimum absolute atomic E-state index is 0.0520. The highest BCUT2D eigenvalue weighted by Gasteiger charge is 2.49. The van der Waals surface area contributed by atoms with Gasteiger partial charge < -0.3 is 9.84 Å². The number of ether oxygens (including phenoxy) is 1. The average Bonchev–Trinajstić information content (AvgIpc) is 2.25. The van der Waals surface area contributed by atoms with E-state index in [1.165, 1.54) is 0 Å². The van der Waals surface area contributed by atoms with Crippen molar-refractivity contribution in [2.75, 3.05) is 0 Å². The lowest BCUT2D eigenvalue weighted by Gasteiger charge is -2.30. The fourth-order valence-electron chi connectivity index (χ4n) is 1.87. The summed E-state index contributed by atoms with van der Waals surface area (Å²) in [5.41, 5.74) is -0.847. The molecule has 2 unspecified atom stereocenters. The molecule has 0 saturated carbocycles. The van der Waals surface area contributed by atoms with Gasteiger partial charge in [0.15, 0.2) is 0 Å². The predicted molar refractivity (Wildman–Crippen MR) is 60.2 cm³/mol. The molecule has 0 fully saturated rings. The first-order valence-electron chi connectivity index (χ1n) is 5.13. The second kappa shape index (κ2) is 4.66. The monoisotopic (exact) mass is 342 g/mol. The second-order valence-electron chi connectivity index (χ2n) is 4.03. The molecule has 0 saturated heterocycles. The Kier molecular flexibility index (Phi) is 3.46. The maximum atomic E-state index is 13.3. The van der Waals surface area contributed by atoms with Crippen molar-refractivity contribution in [3.63, 3.8) is 0 Å². The number of carboxylic acids is 1. The van der Waals surface area contributed by atoms with Gasteiger partial charge in [0.1, 0.15) is 11.9 Å². The highest BCUT2D eigenvalue weighted by Crippen LogP contribution is 2.41. The average molecular weight is 343 g/mol. The van der Waals surface area contributed by atoms with E-state index in [9.17, 15) is 22.4 Å². The Bertz CT molecular complexity index is 519. The van der Waals surface area contributed by atoms with Crippen LogP contribution in [-0.4, -0.2) is 29.5 Å². The molecule has 1 N–H and O–H groups in total. The normalized spacial score (nSPS) is 27.2. The van der Waals surface area contributed by atoms with Gasteiger partial charge in [0.2, 0.25) is 6.10 Å². The van der Waals surface area contributed by atoms with Crippen molar-refractivity contribution in [1.29, 1.82) is 0 Å². The van der Waals surface area contributed by atoms with Crippen LogP contribution in [0.25, 0.3) is 0 Å². The number of rotatable bonds is 1. The lowest BCUT2D eigenvalue weighted by molar-refractivity contribution is -0.200. The lowest BCUT2D eigenvalue weighted by Crippen LogP contribution is -2.38. The maximum Gasteiger partial charge on any atom is 0.430 e. The molecule has 0 amide bonds. The minimum atomic E-state index is -4.86. The fourth-order valence-corrected chi connectivity index (χ4v) is 2.50. The Morgan fingerprint density at radius 2 is 2.11 bits per heavy atom. The van der Waals surface area contributed by atoms with Crippen LogP contribution in [0.1, 0.15) is 6.42 Å². The molecule has 0 spiro atoms. The van der Waals surface area contributed by atoms with Crippen LogP contribution in [0.2, 0.25) is 0 Å². The zero-order valence-electron chi connectivity index (χ0n) is 9.17. The largest absolute Gasteiger partial charge is 0.478 e. The summed E-state index contributed by atoms with van der Waals surface area (Å²) in [7, 11) is 0. The number of carboxylic acid groups (broad SMARTS) is 1. The Morgan fingerprint density at radius 3 is 2.63 bits per heavy atom. The van der Waals surface area contributed by atoms with Crippen LogP contribution in [0, 0.1) is 0 Å². The van der Waals surface area contributed by atoms with Gasteiger partial charge in [-0.2, -0.15) is 13.2 Å². The molecular weight excluding hydrogens is 336 g/mol. The molecule has 0 bridgehead atoms. The molecule has 2 aliphatic rings. The van der Waals surface area contributed by atoms with E-state index in [1.807, 2.05) is 0 Å². The number of halogens is 5. The first kappa shape index (κ1) is 14.1. The number of alkyl halides is 4. The van der Waals surface area contributed by atoms with Gasteiger partial charge in [0, 0.05) is 6.42 Å². The first-order valence-corrected chi connectivity index (χ1v) is 5.92. The van der Waals surface area contributed by atoms with Crippen LogP contribution in [0.5, 0.6) is 0 Å². The summed E-state index contributed by atoms with van der Waals surface area (Å²) >= 11 is 2.92. The summed E-state index contributed by atoms with van der Waals surface area (Å²) in [5.74, 6) is -1.91. The van der Waals surface area contributed by atoms with Crippen LogP contribution in [0.3, 0.4) is 0 Å². The molecule has 0 aromatic rings. The van der Waals surface area contributed by atoms with E-state index in [4.69, 9.17) is 9.84 Å². The van der Waals surface area contributed by atoms with Gasteiger partial charge in [-0.25, -0.2) is 9.18 Å². The zero-order chi connectivity index (χ0) is 14.4. The number of allylic oxidation sites excluding steroid dienone is 4. The molecule has 1 aliphatic heterocycles. The van der Waals surface area contributed by atoms with Crippen LogP contribution in [-0.2, 0) is 9.53 Å². The Balaban J connectivity index is 2.47. The molecule has 1 aliphatic carbocycles. The van der Waals surface area contributed by atoms with Gasteiger partial charge in [-0.05, 0) is 33.7 Å². The van der Waals surface area contributed by atoms with Gasteiger partial charge in [0.05, 0.1) is 10.1 Å². The van der Waals surface area contributed by atoms with Gasteiger partial charge in [-0.1, -0.05) is 0 Å². The number of hydrogen-bond acceptors (Lipinski definition) is 2. The summed E-state index contributed by atoms with van der Waals surface area (Å²) in [6, 6.07) is 0. The van der Waals surface area contributed by atoms with E-state index >= 15 is 0 Å². The molecular formula is C11H7BrF4O3. The van der Waals surface area contributed by atoms with Crippen molar-refractivity contribution >= 4 is 21.9 Å². The second-order valence-corrected chi connectivity index (χ2v) is 4.89. The molecule has 2 rings (SSSR count). The fraction of sp³-hybridized carbons (Fsp3) is 0.364. The summed E-state index contributed by atoms with van der Waals surface area (Å²) in [4.78, 5) is 10.9. The molecule has 2 atom stereocenters. The molecule has 8 heteroatoms. The number of hydrogen-bond donors (Lipinski definition) is 1. The van der Waals surface area contributed by atoms with E-state index < -0.39 is 30.0 Å². The minimum Gasteiger partial charge on any atom is -0.478 e. The Labute approximate surface area is 113 Å². The van der Waals surface area contributed by atoms with E-state index in [2.05, 4.69) is 15.9 Å². The van der Waals surface area contributed by atoms with Gasteiger partial charge in [0.25, 0.3) is 0 Å². The summed E-state index contributed by atoms with van der Waals surface area (Å²) < 4.78 is 56.3. The van der Waals surface area contributed by atoms with E-state index in [-0.39, 0.29) is 22.2 Å². The van der Waals surface area contributed by atoms with Crippen LogP contribution in [0.15, 0.2) is 33.5 Å². The third-order valence-corrected chi connectivity index (χ3v) is 3.27. The smallest absolute Gasteiger partial charge is 0.430 e. The third kappa shape index (κ3) is 2.68. The summed E-state index contributed by atoms with van der Waals surface area (Å²) in [5, 5.41) is 8.80.